The molecule has 0 fully saturated rings. The Kier molecular flexibility index (Phi) is 7.83. The SMILES string of the molecule is Cc1ccc(NCC(O)Cn2c(-c3ccccc3)c(-c3ccccc3)c3cc(C)cc(C)c32)cc1.Cl. The Bertz CT molecular complexity index is 1440. The van der Waals surface area contributed by atoms with Gasteiger partial charge in [-0.1, -0.05) is 90.0 Å². The molecule has 0 amide bonds. The molecule has 0 aliphatic heterocycles. The number of hydrogen-bond donors (Lipinski definition) is 2. The summed E-state index contributed by atoms with van der Waals surface area (Å²) in [7, 11) is 0. The van der Waals surface area contributed by atoms with Crippen molar-refractivity contribution in [3.63, 3.8) is 0 Å². The first-order chi connectivity index (χ1) is 17.0. The van der Waals surface area contributed by atoms with Crippen molar-refractivity contribution in [1.29, 1.82) is 0 Å². The first-order valence-electron chi connectivity index (χ1n) is 12.2. The van der Waals surface area contributed by atoms with Crippen LogP contribution in [-0.2, 0) is 6.54 Å². The van der Waals surface area contributed by atoms with Crippen molar-refractivity contribution in [1.82, 2.24) is 4.57 Å². The van der Waals surface area contributed by atoms with E-state index in [1.807, 2.05) is 0 Å². The lowest BCUT2D eigenvalue weighted by Crippen LogP contribution is -2.25. The number of aliphatic hydroxyl groups is 1. The number of nitrogens with zero attached hydrogens (tertiary/aromatic N) is 1. The number of nitrogens with one attached hydrogen (secondary N) is 1. The second-order valence-electron chi connectivity index (χ2n) is 9.44. The highest BCUT2D eigenvalue weighted by molar-refractivity contribution is 6.06. The van der Waals surface area contributed by atoms with Crippen molar-refractivity contribution in [3.05, 3.63) is 114 Å². The molecule has 1 unspecified atom stereocenters. The van der Waals surface area contributed by atoms with Crippen LogP contribution in [0, 0.1) is 20.8 Å². The smallest absolute Gasteiger partial charge is 0.0891 e. The van der Waals surface area contributed by atoms with E-state index >= 15 is 0 Å². The third kappa shape index (κ3) is 5.18. The minimum atomic E-state index is -0.557. The molecule has 0 saturated heterocycles. The Labute approximate surface area is 219 Å². The maximum absolute atomic E-state index is 11.2. The van der Waals surface area contributed by atoms with Gasteiger partial charge < -0.3 is 15.0 Å². The summed E-state index contributed by atoms with van der Waals surface area (Å²) in [5, 5.41) is 15.8. The van der Waals surface area contributed by atoms with Crippen LogP contribution in [0.1, 0.15) is 16.7 Å². The van der Waals surface area contributed by atoms with Gasteiger partial charge in [0.15, 0.2) is 0 Å². The van der Waals surface area contributed by atoms with Crippen molar-refractivity contribution in [2.45, 2.75) is 33.4 Å². The Morgan fingerprint density at radius 1 is 0.750 bits per heavy atom. The summed E-state index contributed by atoms with van der Waals surface area (Å²) in [6, 6.07) is 33.9. The average molecular weight is 497 g/mol. The number of hydrogen-bond acceptors (Lipinski definition) is 2. The summed E-state index contributed by atoms with van der Waals surface area (Å²) in [5.74, 6) is 0. The molecule has 36 heavy (non-hydrogen) atoms. The maximum atomic E-state index is 11.2. The highest BCUT2D eigenvalue weighted by atomic mass is 35.5. The Balaban J connectivity index is 0.00000304. The van der Waals surface area contributed by atoms with Crippen LogP contribution in [0.15, 0.2) is 97.1 Å². The Morgan fingerprint density at radius 3 is 2.00 bits per heavy atom. The van der Waals surface area contributed by atoms with Gasteiger partial charge in [0, 0.05) is 23.2 Å². The molecule has 5 aromatic rings. The van der Waals surface area contributed by atoms with Crippen molar-refractivity contribution < 1.29 is 5.11 Å². The number of anilines is 1. The van der Waals surface area contributed by atoms with Gasteiger partial charge >= 0.3 is 0 Å². The third-order valence-electron chi connectivity index (χ3n) is 6.59. The minimum absolute atomic E-state index is 0. The van der Waals surface area contributed by atoms with Gasteiger partial charge in [-0.2, -0.15) is 0 Å². The molecule has 2 N–H and O–H groups in total. The van der Waals surface area contributed by atoms with E-state index in [9.17, 15) is 5.11 Å². The first kappa shape index (κ1) is 25.6. The van der Waals surface area contributed by atoms with Gasteiger partial charge in [-0.3, -0.25) is 0 Å². The van der Waals surface area contributed by atoms with Crippen LogP contribution in [0.25, 0.3) is 33.3 Å². The molecule has 3 nitrogen and oxygen atoms in total. The quantitative estimate of drug-likeness (QED) is 0.241. The van der Waals surface area contributed by atoms with E-state index in [-0.39, 0.29) is 12.4 Å². The molecule has 4 aromatic carbocycles. The average Bonchev–Trinajstić information content (AvgIpc) is 3.18. The molecule has 1 aromatic heterocycles. The Morgan fingerprint density at radius 2 is 1.36 bits per heavy atom. The van der Waals surface area contributed by atoms with Crippen molar-refractivity contribution >= 4 is 29.0 Å². The molecule has 0 bridgehead atoms. The number of benzene rings is 4. The molecular weight excluding hydrogens is 464 g/mol. The third-order valence-corrected chi connectivity index (χ3v) is 6.59. The topological polar surface area (TPSA) is 37.2 Å². The van der Waals surface area contributed by atoms with Crippen molar-refractivity contribution in [2.24, 2.45) is 0 Å². The summed E-state index contributed by atoms with van der Waals surface area (Å²) >= 11 is 0. The largest absolute Gasteiger partial charge is 0.389 e. The van der Waals surface area contributed by atoms with E-state index in [1.54, 1.807) is 0 Å². The normalized spacial score (nSPS) is 11.8. The summed E-state index contributed by atoms with van der Waals surface area (Å²) < 4.78 is 2.32. The van der Waals surface area contributed by atoms with Gasteiger partial charge in [0.25, 0.3) is 0 Å². The second kappa shape index (κ2) is 11.0. The molecule has 184 valence electrons. The van der Waals surface area contributed by atoms with Crippen molar-refractivity contribution in [2.75, 3.05) is 11.9 Å². The van der Waals surface area contributed by atoms with Crippen LogP contribution in [-0.4, -0.2) is 22.3 Å². The molecule has 1 heterocycles. The number of fused-ring (bicyclic) bond motifs is 1. The van der Waals surface area contributed by atoms with Crippen LogP contribution in [0.4, 0.5) is 5.69 Å². The molecule has 5 rings (SSSR count). The molecule has 0 saturated carbocycles. The number of aryl methyl sites for hydroxylation is 3. The molecule has 4 heteroatoms. The molecule has 0 radical (unpaired) electrons. The molecular formula is C32H33ClN2O. The molecule has 0 aliphatic rings. The zero-order chi connectivity index (χ0) is 24.4. The summed E-state index contributed by atoms with van der Waals surface area (Å²) in [6.45, 7) is 7.38. The van der Waals surface area contributed by atoms with Crippen molar-refractivity contribution in [3.8, 4) is 22.4 Å². The number of rotatable bonds is 7. The van der Waals surface area contributed by atoms with Crippen LogP contribution in [0.5, 0.6) is 0 Å². The van der Waals surface area contributed by atoms with E-state index in [0.717, 1.165) is 16.9 Å². The highest BCUT2D eigenvalue weighted by Crippen LogP contribution is 2.42. The fourth-order valence-electron chi connectivity index (χ4n) is 5.04. The van der Waals surface area contributed by atoms with Crippen LogP contribution < -0.4 is 5.32 Å². The lowest BCUT2D eigenvalue weighted by Gasteiger charge is -2.19. The minimum Gasteiger partial charge on any atom is -0.389 e. The van der Waals surface area contributed by atoms with Crippen LogP contribution in [0.2, 0.25) is 0 Å². The lowest BCUT2D eigenvalue weighted by atomic mass is 9.97. The summed E-state index contributed by atoms with van der Waals surface area (Å²) in [6.07, 6.45) is -0.557. The van der Waals surface area contributed by atoms with Gasteiger partial charge in [0.2, 0.25) is 0 Å². The van der Waals surface area contributed by atoms with Gasteiger partial charge in [-0.05, 0) is 55.7 Å². The molecule has 0 spiro atoms. The molecule has 0 aliphatic carbocycles. The second-order valence-corrected chi connectivity index (χ2v) is 9.44. The Hall–Kier alpha value is -3.53. The van der Waals surface area contributed by atoms with Gasteiger partial charge in [0.1, 0.15) is 0 Å². The van der Waals surface area contributed by atoms with Gasteiger partial charge in [-0.15, -0.1) is 12.4 Å². The number of aromatic nitrogens is 1. The standard InChI is InChI=1S/C32H32N2O.ClH/c1-22-14-16-27(17-15-22)33-20-28(35)21-34-31-24(3)18-23(2)19-29(31)30(25-10-6-4-7-11-25)32(34)26-12-8-5-9-13-26;/h4-19,28,33,35H,20-21H2,1-3H3;1H. The predicted molar refractivity (Wildman–Crippen MR) is 155 cm³/mol. The van der Waals surface area contributed by atoms with Gasteiger partial charge in [0.05, 0.1) is 23.9 Å². The van der Waals surface area contributed by atoms with E-state index in [1.165, 1.54) is 38.7 Å². The van der Waals surface area contributed by atoms with E-state index < -0.39 is 6.10 Å². The first-order valence-corrected chi connectivity index (χ1v) is 12.2. The van der Waals surface area contributed by atoms with E-state index in [0.29, 0.717) is 13.1 Å². The zero-order valence-corrected chi connectivity index (χ0v) is 21.8. The predicted octanol–water partition coefficient (Wildman–Crippen LogP) is 7.80. The summed E-state index contributed by atoms with van der Waals surface area (Å²) in [4.78, 5) is 0. The van der Waals surface area contributed by atoms with Gasteiger partial charge in [-0.25, -0.2) is 0 Å². The maximum Gasteiger partial charge on any atom is 0.0891 e. The summed E-state index contributed by atoms with van der Waals surface area (Å²) in [5.41, 5.74) is 10.6. The van der Waals surface area contributed by atoms with Crippen LogP contribution >= 0.6 is 12.4 Å². The lowest BCUT2D eigenvalue weighted by molar-refractivity contribution is 0.169. The fraction of sp³-hybridized carbons (Fsp3) is 0.188. The molecule has 1 atom stereocenters. The van der Waals surface area contributed by atoms with E-state index in [2.05, 4.69) is 128 Å². The van der Waals surface area contributed by atoms with Crippen LogP contribution in [0.3, 0.4) is 0 Å². The zero-order valence-electron chi connectivity index (χ0n) is 21.0. The number of aliphatic hydroxyl groups excluding tert-OH is 1. The highest BCUT2D eigenvalue weighted by Gasteiger charge is 2.23. The van der Waals surface area contributed by atoms with E-state index in [4.69, 9.17) is 0 Å². The monoisotopic (exact) mass is 496 g/mol. The number of halogens is 1. The fourth-order valence-corrected chi connectivity index (χ4v) is 5.04.